The molecule has 3 saturated carbocycles. The van der Waals surface area contributed by atoms with Crippen molar-refractivity contribution in [1.29, 1.82) is 0 Å². The van der Waals surface area contributed by atoms with Crippen LogP contribution < -0.4 is 0 Å². The minimum atomic E-state index is 1.18. The minimum absolute atomic E-state index is 1.18. The summed E-state index contributed by atoms with van der Waals surface area (Å²) in [6, 6.07) is 0. The van der Waals surface area contributed by atoms with E-state index in [1.165, 1.54) is 23.7 Å². The Hall–Kier alpha value is 0. The van der Waals surface area contributed by atoms with E-state index in [1.807, 2.05) is 0 Å². The predicted octanol–water partition coefficient (Wildman–Crippen LogP) is 3.22. The van der Waals surface area contributed by atoms with Crippen LogP contribution in [0.3, 0.4) is 0 Å². The minimum Gasteiger partial charge on any atom is -0.0530 e. The molecule has 0 N–H and O–H groups in total. The van der Waals surface area contributed by atoms with E-state index in [9.17, 15) is 0 Å². The zero-order chi connectivity index (χ0) is 7.26. The molecule has 0 nitrogen and oxygen atoms in total. The first-order valence-corrected chi connectivity index (χ1v) is 5.45. The zero-order valence-corrected chi connectivity index (χ0v) is 7.26. The fourth-order valence-corrected chi connectivity index (χ4v) is 3.23. The third kappa shape index (κ3) is 1.11. The molecule has 3 fully saturated rings. The second kappa shape index (κ2) is 2.24. The molecule has 0 saturated heterocycles. The first-order valence-electron chi connectivity index (χ1n) is 5.45. The van der Waals surface area contributed by atoms with Gasteiger partial charge in [-0.3, -0.25) is 0 Å². The van der Waals surface area contributed by atoms with Gasteiger partial charge in [0, 0.05) is 0 Å². The Morgan fingerprint density at radius 1 is 0.636 bits per heavy atom. The van der Waals surface area contributed by atoms with E-state index < -0.39 is 0 Å². The van der Waals surface area contributed by atoms with Gasteiger partial charge in [0.25, 0.3) is 0 Å². The zero-order valence-electron chi connectivity index (χ0n) is 7.26. The molecule has 0 bridgehead atoms. The number of hydrogen-bond acceptors (Lipinski definition) is 0. The average Bonchev–Trinajstić information content (AvgIpc) is 2.89. The maximum absolute atomic E-state index is 1.62. The molecule has 0 aromatic rings. The van der Waals surface area contributed by atoms with Gasteiger partial charge in [0.05, 0.1) is 0 Å². The highest BCUT2D eigenvalue weighted by Gasteiger charge is 2.50. The van der Waals surface area contributed by atoms with Gasteiger partial charge >= 0.3 is 0 Å². The van der Waals surface area contributed by atoms with E-state index in [0.29, 0.717) is 0 Å². The Kier molecular flexibility index (Phi) is 1.33. The van der Waals surface area contributed by atoms with Gasteiger partial charge in [0.15, 0.2) is 0 Å². The highest BCUT2D eigenvalue weighted by Crippen LogP contribution is 2.59. The summed E-state index contributed by atoms with van der Waals surface area (Å²) in [7, 11) is 0. The third-order valence-corrected chi connectivity index (χ3v) is 4.12. The van der Waals surface area contributed by atoms with Crippen LogP contribution in [0.2, 0.25) is 0 Å². The summed E-state index contributed by atoms with van der Waals surface area (Å²) in [6.45, 7) is 0. The molecule has 0 aromatic heterocycles. The third-order valence-electron chi connectivity index (χ3n) is 4.12. The van der Waals surface area contributed by atoms with Crippen molar-refractivity contribution in [2.45, 2.75) is 44.9 Å². The van der Waals surface area contributed by atoms with Crippen LogP contribution in [0, 0.1) is 23.7 Å². The van der Waals surface area contributed by atoms with Crippen molar-refractivity contribution < 1.29 is 0 Å². The SMILES string of the molecule is C1CCC(C2CC2C2CC2)C1. The molecule has 2 unspecified atom stereocenters. The van der Waals surface area contributed by atoms with E-state index in [-0.39, 0.29) is 0 Å². The Labute approximate surface area is 69.4 Å². The largest absolute Gasteiger partial charge is 0.0530 e. The molecule has 3 rings (SSSR count). The van der Waals surface area contributed by atoms with Crippen molar-refractivity contribution in [2.75, 3.05) is 0 Å². The summed E-state index contributed by atoms with van der Waals surface area (Å²) in [6.07, 6.45) is 11.0. The molecule has 62 valence electrons. The molecule has 0 radical (unpaired) electrons. The lowest BCUT2D eigenvalue weighted by Crippen LogP contribution is -1.98. The standard InChI is InChI=1S/C11H18/c1-2-4-8(3-1)10-7-11(10)9-5-6-9/h8-11H,1-7H2. The fourth-order valence-electron chi connectivity index (χ4n) is 3.23. The van der Waals surface area contributed by atoms with Crippen LogP contribution in [-0.2, 0) is 0 Å². The van der Waals surface area contributed by atoms with Crippen molar-refractivity contribution in [1.82, 2.24) is 0 Å². The molecule has 0 aliphatic heterocycles. The summed E-state index contributed by atoms with van der Waals surface area (Å²) < 4.78 is 0. The molecular formula is C11H18. The summed E-state index contributed by atoms with van der Waals surface area (Å²) in [5.41, 5.74) is 0. The Morgan fingerprint density at radius 2 is 1.18 bits per heavy atom. The van der Waals surface area contributed by atoms with Crippen LogP contribution in [0.25, 0.3) is 0 Å². The summed E-state index contributed by atoms with van der Waals surface area (Å²) in [5, 5.41) is 0. The van der Waals surface area contributed by atoms with Crippen LogP contribution in [0.5, 0.6) is 0 Å². The topological polar surface area (TPSA) is 0 Å². The maximum atomic E-state index is 1.62. The molecule has 2 atom stereocenters. The first kappa shape index (κ1) is 6.51. The lowest BCUT2D eigenvalue weighted by atomic mass is 9.99. The van der Waals surface area contributed by atoms with E-state index in [0.717, 1.165) is 0 Å². The van der Waals surface area contributed by atoms with Gasteiger partial charge in [-0.2, -0.15) is 0 Å². The van der Waals surface area contributed by atoms with Crippen molar-refractivity contribution in [3.05, 3.63) is 0 Å². The lowest BCUT2D eigenvalue weighted by Gasteiger charge is -2.06. The second-order valence-electron chi connectivity index (χ2n) is 4.95. The number of hydrogen-bond donors (Lipinski definition) is 0. The van der Waals surface area contributed by atoms with Crippen LogP contribution >= 0.6 is 0 Å². The van der Waals surface area contributed by atoms with E-state index in [1.54, 1.807) is 44.9 Å². The molecule has 0 aromatic carbocycles. The molecule has 0 heteroatoms. The van der Waals surface area contributed by atoms with Gasteiger partial charge in [-0.15, -0.1) is 0 Å². The van der Waals surface area contributed by atoms with Crippen molar-refractivity contribution >= 4 is 0 Å². The second-order valence-corrected chi connectivity index (χ2v) is 4.95. The predicted molar refractivity (Wildman–Crippen MR) is 46.3 cm³/mol. The smallest absolute Gasteiger partial charge is 0.0352 e. The fraction of sp³-hybridized carbons (Fsp3) is 1.00. The summed E-state index contributed by atoms with van der Waals surface area (Å²) in [5.74, 6) is 4.82. The quantitative estimate of drug-likeness (QED) is 0.567. The normalized spacial score (nSPS) is 44.7. The van der Waals surface area contributed by atoms with Crippen molar-refractivity contribution in [3.8, 4) is 0 Å². The maximum Gasteiger partial charge on any atom is -0.0352 e. The molecule has 0 heterocycles. The van der Waals surface area contributed by atoms with E-state index in [2.05, 4.69) is 0 Å². The Bertz CT molecular complexity index is 151. The summed E-state index contributed by atoms with van der Waals surface area (Å²) in [4.78, 5) is 0. The molecule has 3 aliphatic rings. The van der Waals surface area contributed by atoms with E-state index in [4.69, 9.17) is 0 Å². The van der Waals surface area contributed by atoms with Gasteiger partial charge in [-0.1, -0.05) is 25.7 Å². The van der Waals surface area contributed by atoms with Crippen LogP contribution in [0.4, 0.5) is 0 Å². The lowest BCUT2D eigenvalue weighted by molar-refractivity contribution is 0.434. The molecule has 0 amide bonds. The molecular weight excluding hydrogens is 132 g/mol. The van der Waals surface area contributed by atoms with Crippen LogP contribution in [0.1, 0.15) is 44.9 Å². The highest BCUT2D eigenvalue weighted by molar-refractivity contribution is 5.00. The molecule has 11 heavy (non-hydrogen) atoms. The summed E-state index contributed by atoms with van der Waals surface area (Å²) >= 11 is 0. The van der Waals surface area contributed by atoms with Crippen LogP contribution in [-0.4, -0.2) is 0 Å². The first-order chi connectivity index (χ1) is 5.45. The monoisotopic (exact) mass is 150 g/mol. The highest BCUT2D eigenvalue weighted by atomic mass is 14.6. The Morgan fingerprint density at radius 3 is 1.73 bits per heavy atom. The average molecular weight is 150 g/mol. The van der Waals surface area contributed by atoms with E-state index >= 15 is 0 Å². The van der Waals surface area contributed by atoms with Crippen molar-refractivity contribution in [2.24, 2.45) is 23.7 Å². The van der Waals surface area contributed by atoms with Gasteiger partial charge in [0.2, 0.25) is 0 Å². The number of rotatable bonds is 2. The van der Waals surface area contributed by atoms with Crippen LogP contribution in [0.15, 0.2) is 0 Å². The van der Waals surface area contributed by atoms with Gasteiger partial charge in [-0.25, -0.2) is 0 Å². The molecule has 3 aliphatic carbocycles. The Balaban J connectivity index is 1.56. The van der Waals surface area contributed by atoms with Gasteiger partial charge in [0.1, 0.15) is 0 Å². The van der Waals surface area contributed by atoms with Gasteiger partial charge < -0.3 is 0 Å². The van der Waals surface area contributed by atoms with Gasteiger partial charge in [-0.05, 0) is 42.9 Å². The molecule has 0 spiro atoms. The van der Waals surface area contributed by atoms with Crippen molar-refractivity contribution in [3.63, 3.8) is 0 Å².